The highest BCUT2D eigenvalue weighted by Gasteiger charge is 2.34. The van der Waals surface area contributed by atoms with Gasteiger partial charge in [0.2, 0.25) is 0 Å². The van der Waals surface area contributed by atoms with Crippen molar-refractivity contribution in [2.24, 2.45) is 0 Å². The maximum Gasteiger partial charge on any atom is 0.328 e. The zero-order chi connectivity index (χ0) is 14.7. The van der Waals surface area contributed by atoms with Crippen molar-refractivity contribution in [1.29, 1.82) is 0 Å². The Kier molecular flexibility index (Phi) is 4.49. The second-order valence-electron chi connectivity index (χ2n) is 4.69. The Labute approximate surface area is 122 Å². The van der Waals surface area contributed by atoms with Gasteiger partial charge >= 0.3 is 5.97 Å². The Balaban J connectivity index is 2.30. The summed E-state index contributed by atoms with van der Waals surface area (Å²) in [7, 11) is 1.30. The number of hydrogen-bond donors (Lipinski definition) is 1. The molecule has 1 aromatic rings. The molecule has 1 aliphatic rings. The monoisotopic (exact) mass is 297 g/mol. The molecule has 1 aromatic carbocycles. The number of phenols is 1. The summed E-state index contributed by atoms with van der Waals surface area (Å²) in [5.74, 6) is -0.978. The summed E-state index contributed by atoms with van der Waals surface area (Å²) >= 11 is 5.85. The van der Waals surface area contributed by atoms with Crippen LogP contribution in [0.2, 0.25) is 5.02 Å². The van der Waals surface area contributed by atoms with Crippen molar-refractivity contribution in [2.75, 3.05) is 13.7 Å². The first-order valence-corrected chi connectivity index (χ1v) is 6.79. The number of amides is 1. The first-order valence-electron chi connectivity index (χ1n) is 6.42. The molecule has 0 radical (unpaired) electrons. The van der Waals surface area contributed by atoms with Crippen LogP contribution in [0.3, 0.4) is 0 Å². The molecule has 0 unspecified atom stereocenters. The molecule has 1 aliphatic heterocycles. The lowest BCUT2D eigenvalue weighted by molar-refractivity contribution is -0.147. The maximum absolute atomic E-state index is 12.5. The lowest BCUT2D eigenvalue weighted by Gasteiger charge is -2.33. The molecule has 1 N–H and O–H groups in total. The number of rotatable bonds is 2. The van der Waals surface area contributed by atoms with Gasteiger partial charge in [-0.05, 0) is 37.5 Å². The number of esters is 1. The molecule has 0 saturated carbocycles. The minimum Gasteiger partial charge on any atom is -0.507 e. The Bertz CT molecular complexity index is 532. The fourth-order valence-corrected chi connectivity index (χ4v) is 2.56. The molecule has 0 bridgehead atoms. The standard InChI is InChI=1S/C14H16ClNO4/c1-20-14(19)11-4-2-3-7-16(11)13(18)10-8-9(15)5-6-12(10)17/h5-6,8,11,17H,2-4,7H2,1H3/t11-/m1/s1. The fourth-order valence-electron chi connectivity index (χ4n) is 2.39. The predicted octanol–water partition coefficient (Wildman–Crippen LogP) is 2.21. The summed E-state index contributed by atoms with van der Waals surface area (Å²) in [4.78, 5) is 25.7. The molecule has 1 atom stereocenters. The van der Waals surface area contributed by atoms with Gasteiger partial charge in [-0.25, -0.2) is 4.79 Å². The summed E-state index contributed by atoms with van der Waals surface area (Å²) in [6.45, 7) is 0.463. The molecule has 1 fully saturated rings. The summed E-state index contributed by atoms with van der Waals surface area (Å²) in [5.41, 5.74) is 0.105. The van der Waals surface area contributed by atoms with E-state index in [2.05, 4.69) is 0 Å². The van der Waals surface area contributed by atoms with Gasteiger partial charge in [-0.3, -0.25) is 4.79 Å². The van der Waals surface area contributed by atoms with Crippen LogP contribution in [0.25, 0.3) is 0 Å². The van der Waals surface area contributed by atoms with Gasteiger partial charge in [-0.2, -0.15) is 0 Å². The summed E-state index contributed by atoms with van der Waals surface area (Å²) in [6.07, 6.45) is 2.26. The molecule has 6 heteroatoms. The topological polar surface area (TPSA) is 66.8 Å². The lowest BCUT2D eigenvalue weighted by Crippen LogP contribution is -2.48. The van der Waals surface area contributed by atoms with Gasteiger partial charge in [0.25, 0.3) is 5.91 Å². The quantitative estimate of drug-likeness (QED) is 0.850. The van der Waals surface area contributed by atoms with Gasteiger partial charge in [0, 0.05) is 11.6 Å². The van der Waals surface area contributed by atoms with Crippen molar-refractivity contribution in [2.45, 2.75) is 25.3 Å². The highest BCUT2D eigenvalue weighted by molar-refractivity contribution is 6.31. The minimum atomic E-state index is -0.598. The van der Waals surface area contributed by atoms with E-state index in [4.69, 9.17) is 16.3 Å². The normalized spacial score (nSPS) is 18.7. The van der Waals surface area contributed by atoms with Crippen LogP contribution in [0.4, 0.5) is 0 Å². The van der Waals surface area contributed by atoms with Crippen molar-refractivity contribution >= 4 is 23.5 Å². The largest absolute Gasteiger partial charge is 0.507 e. The van der Waals surface area contributed by atoms with Gasteiger partial charge in [-0.15, -0.1) is 0 Å². The molecule has 0 aliphatic carbocycles. The molecular weight excluding hydrogens is 282 g/mol. The molecule has 1 heterocycles. The summed E-state index contributed by atoms with van der Waals surface area (Å²) in [6, 6.07) is 3.68. The predicted molar refractivity (Wildman–Crippen MR) is 73.8 cm³/mol. The van der Waals surface area contributed by atoms with Gasteiger partial charge in [0.05, 0.1) is 12.7 Å². The second kappa shape index (κ2) is 6.13. The zero-order valence-electron chi connectivity index (χ0n) is 11.1. The van der Waals surface area contributed by atoms with E-state index in [9.17, 15) is 14.7 Å². The third-order valence-corrected chi connectivity index (χ3v) is 3.66. The van der Waals surface area contributed by atoms with Crippen LogP contribution in [0, 0.1) is 0 Å². The van der Waals surface area contributed by atoms with Crippen molar-refractivity contribution in [3.05, 3.63) is 28.8 Å². The number of nitrogens with zero attached hydrogens (tertiary/aromatic N) is 1. The highest BCUT2D eigenvalue weighted by atomic mass is 35.5. The number of carbonyl (C=O) groups excluding carboxylic acids is 2. The van der Waals surface area contributed by atoms with E-state index in [0.29, 0.717) is 18.0 Å². The molecule has 2 rings (SSSR count). The number of halogens is 1. The number of hydrogen-bond acceptors (Lipinski definition) is 4. The Morgan fingerprint density at radius 3 is 2.85 bits per heavy atom. The van der Waals surface area contributed by atoms with Crippen LogP contribution in [0.1, 0.15) is 29.6 Å². The summed E-state index contributed by atoms with van der Waals surface area (Å²) < 4.78 is 4.74. The zero-order valence-corrected chi connectivity index (χ0v) is 11.9. The van der Waals surface area contributed by atoms with Crippen molar-refractivity contribution in [3.8, 4) is 5.75 Å². The lowest BCUT2D eigenvalue weighted by atomic mass is 10.0. The van der Waals surface area contributed by atoms with E-state index < -0.39 is 17.9 Å². The third kappa shape index (κ3) is 2.88. The highest BCUT2D eigenvalue weighted by Crippen LogP contribution is 2.26. The van der Waals surface area contributed by atoms with E-state index in [0.717, 1.165) is 12.8 Å². The Morgan fingerprint density at radius 2 is 2.15 bits per heavy atom. The van der Waals surface area contributed by atoms with Gasteiger partial charge in [-0.1, -0.05) is 11.6 Å². The molecule has 5 nitrogen and oxygen atoms in total. The van der Waals surface area contributed by atoms with Crippen molar-refractivity contribution in [3.63, 3.8) is 0 Å². The molecule has 20 heavy (non-hydrogen) atoms. The Hall–Kier alpha value is -1.75. The number of ether oxygens (including phenoxy) is 1. The molecule has 1 amide bonds. The number of aromatic hydroxyl groups is 1. The van der Waals surface area contributed by atoms with Crippen molar-refractivity contribution in [1.82, 2.24) is 4.90 Å². The van der Waals surface area contributed by atoms with E-state index in [1.165, 1.54) is 30.2 Å². The van der Waals surface area contributed by atoms with Crippen LogP contribution in [0.5, 0.6) is 5.75 Å². The van der Waals surface area contributed by atoms with E-state index >= 15 is 0 Å². The molecule has 1 saturated heterocycles. The first kappa shape index (κ1) is 14.7. The van der Waals surface area contributed by atoms with E-state index in [1.54, 1.807) is 0 Å². The SMILES string of the molecule is COC(=O)[C@H]1CCCCN1C(=O)c1cc(Cl)ccc1O. The number of benzene rings is 1. The number of carbonyl (C=O) groups is 2. The third-order valence-electron chi connectivity index (χ3n) is 3.43. The minimum absolute atomic E-state index is 0.105. The molecule has 0 spiro atoms. The van der Waals surface area contributed by atoms with Gasteiger partial charge in [0.15, 0.2) is 0 Å². The van der Waals surface area contributed by atoms with Crippen LogP contribution in [-0.4, -0.2) is 41.6 Å². The molecule has 0 aromatic heterocycles. The molecule has 108 valence electrons. The number of piperidine rings is 1. The van der Waals surface area contributed by atoms with E-state index in [1.807, 2.05) is 0 Å². The summed E-state index contributed by atoms with van der Waals surface area (Å²) in [5, 5.41) is 10.2. The number of phenolic OH excluding ortho intramolecular Hbond substituents is 1. The number of likely N-dealkylation sites (tertiary alicyclic amines) is 1. The molecular formula is C14H16ClNO4. The average molecular weight is 298 g/mol. The first-order chi connectivity index (χ1) is 9.54. The van der Waals surface area contributed by atoms with Crippen LogP contribution in [0.15, 0.2) is 18.2 Å². The smallest absolute Gasteiger partial charge is 0.328 e. The van der Waals surface area contributed by atoms with E-state index in [-0.39, 0.29) is 11.3 Å². The van der Waals surface area contributed by atoms with Crippen LogP contribution in [-0.2, 0) is 9.53 Å². The van der Waals surface area contributed by atoms with Gasteiger partial charge < -0.3 is 14.7 Å². The second-order valence-corrected chi connectivity index (χ2v) is 5.13. The van der Waals surface area contributed by atoms with Crippen LogP contribution >= 0.6 is 11.6 Å². The van der Waals surface area contributed by atoms with Gasteiger partial charge in [0.1, 0.15) is 11.8 Å². The number of methoxy groups -OCH3 is 1. The van der Waals surface area contributed by atoms with Crippen LogP contribution < -0.4 is 0 Å². The maximum atomic E-state index is 12.5. The van der Waals surface area contributed by atoms with Crippen molar-refractivity contribution < 1.29 is 19.4 Å². The Morgan fingerprint density at radius 1 is 1.40 bits per heavy atom. The fraction of sp³-hybridized carbons (Fsp3) is 0.429. The average Bonchev–Trinajstić information content (AvgIpc) is 2.48.